The van der Waals surface area contributed by atoms with Crippen LogP contribution in [0.4, 0.5) is 5.69 Å². The monoisotopic (exact) mass is 356 g/mol. The van der Waals surface area contributed by atoms with Crippen molar-refractivity contribution in [3.63, 3.8) is 0 Å². The van der Waals surface area contributed by atoms with E-state index >= 15 is 0 Å². The summed E-state index contributed by atoms with van der Waals surface area (Å²) in [4.78, 5) is 24.7. The van der Waals surface area contributed by atoms with Crippen LogP contribution in [0.5, 0.6) is 5.75 Å². The van der Waals surface area contributed by atoms with Crippen LogP contribution in [-0.2, 0) is 16.0 Å². The molecule has 0 aromatic heterocycles. The molecule has 3 rings (SSSR count). The van der Waals surface area contributed by atoms with E-state index in [1.54, 1.807) is 12.1 Å². The number of non-ortho nitro benzene ring substituents is 1. The van der Waals surface area contributed by atoms with Gasteiger partial charge in [-0.15, -0.1) is 0 Å². The maximum Gasteiger partial charge on any atom is 0.327 e. The maximum atomic E-state index is 12.3. The molecule has 1 heterocycles. The standard InChI is InChI=1S/C19H20N2O5/c1-25-19(22)18-17-8-3-2-5-14(17)9-10-20(18)11-12-26-16-7-4-6-15(13-16)21(23)24/h2-8,13,18H,9-12H2,1H3/t18-/m0/s1. The van der Waals surface area contributed by atoms with E-state index in [2.05, 4.69) is 0 Å². The predicted molar refractivity (Wildman–Crippen MR) is 95.1 cm³/mol. The normalized spacial score (nSPS) is 16.6. The fourth-order valence-corrected chi connectivity index (χ4v) is 3.21. The lowest BCUT2D eigenvalue weighted by atomic mass is 9.92. The summed E-state index contributed by atoms with van der Waals surface area (Å²) in [6, 6.07) is 13.5. The van der Waals surface area contributed by atoms with E-state index in [1.807, 2.05) is 29.2 Å². The highest BCUT2D eigenvalue weighted by molar-refractivity contribution is 5.78. The average Bonchev–Trinajstić information content (AvgIpc) is 2.67. The number of rotatable bonds is 6. The van der Waals surface area contributed by atoms with Crippen molar-refractivity contribution in [1.29, 1.82) is 0 Å². The second-order valence-electron chi connectivity index (χ2n) is 6.01. The summed E-state index contributed by atoms with van der Waals surface area (Å²) in [6.07, 6.45) is 0.848. The molecule has 26 heavy (non-hydrogen) atoms. The Morgan fingerprint density at radius 2 is 2.08 bits per heavy atom. The van der Waals surface area contributed by atoms with Crippen LogP contribution in [0.1, 0.15) is 17.2 Å². The number of nitro benzene ring substituents is 1. The van der Waals surface area contributed by atoms with Gasteiger partial charge in [0, 0.05) is 19.2 Å². The van der Waals surface area contributed by atoms with Crippen molar-refractivity contribution in [1.82, 2.24) is 4.90 Å². The molecule has 7 heteroatoms. The van der Waals surface area contributed by atoms with Gasteiger partial charge in [0.2, 0.25) is 0 Å². The maximum absolute atomic E-state index is 12.3. The molecule has 0 saturated heterocycles. The molecule has 0 N–H and O–H groups in total. The zero-order valence-corrected chi connectivity index (χ0v) is 14.5. The van der Waals surface area contributed by atoms with E-state index in [9.17, 15) is 14.9 Å². The molecule has 7 nitrogen and oxygen atoms in total. The van der Waals surface area contributed by atoms with Gasteiger partial charge in [-0.2, -0.15) is 0 Å². The molecule has 1 aliphatic heterocycles. The molecule has 2 aromatic rings. The van der Waals surface area contributed by atoms with Gasteiger partial charge in [-0.25, -0.2) is 4.79 Å². The molecule has 0 aliphatic carbocycles. The van der Waals surface area contributed by atoms with Crippen molar-refractivity contribution in [2.45, 2.75) is 12.5 Å². The van der Waals surface area contributed by atoms with Gasteiger partial charge in [0.05, 0.1) is 18.1 Å². The van der Waals surface area contributed by atoms with Crippen LogP contribution in [0, 0.1) is 10.1 Å². The number of hydrogen-bond acceptors (Lipinski definition) is 6. The first kappa shape index (κ1) is 17.9. The number of fused-ring (bicyclic) bond motifs is 1. The lowest BCUT2D eigenvalue weighted by Crippen LogP contribution is -2.42. The molecule has 2 aromatic carbocycles. The number of carbonyl (C=O) groups excluding carboxylic acids is 1. The average molecular weight is 356 g/mol. The second kappa shape index (κ2) is 7.97. The van der Waals surface area contributed by atoms with Crippen LogP contribution in [0.2, 0.25) is 0 Å². The van der Waals surface area contributed by atoms with Gasteiger partial charge in [0.15, 0.2) is 0 Å². The first-order chi connectivity index (χ1) is 12.6. The van der Waals surface area contributed by atoms with Crippen LogP contribution >= 0.6 is 0 Å². The zero-order chi connectivity index (χ0) is 18.5. The number of methoxy groups -OCH3 is 1. The van der Waals surface area contributed by atoms with Crippen molar-refractivity contribution in [3.05, 3.63) is 69.8 Å². The topological polar surface area (TPSA) is 81.9 Å². The van der Waals surface area contributed by atoms with Crippen molar-refractivity contribution < 1.29 is 19.2 Å². The Kier molecular flexibility index (Phi) is 5.48. The molecule has 136 valence electrons. The Morgan fingerprint density at radius 3 is 2.85 bits per heavy atom. The van der Waals surface area contributed by atoms with Crippen molar-refractivity contribution in [2.24, 2.45) is 0 Å². The summed E-state index contributed by atoms with van der Waals surface area (Å²) >= 11 is 0. The Balaban J connectivity index is 1.68. The molecular formula is C19H20N2O5. The van der Waals surface area contributed by atoms with E-state index in [0.717, 1.165) is 24.1 Å². The third-order valence-corrected chi connectivity index (χ3v) is 4.48. The van der Waals surface area contributed by atoms with Crippen LogP contribution in [-0.4, -0.2) is 42.6 Å². The molecule has 0 saturated carbocycles. The minimum absolute atomic E-state index is 0.0122. The van der Waals surface area contributed by atoms with Gasteiger partial charge >= 0.3 is 5.97 Å². The number of hydrogen-bond donors (Lipinski definition) is 0. The summed E-state index contributed by atoms with van der Waals surface area (Å²) in [7, 11) is 1.39. The molecule has 0 fully saturated rings. The van der Waals surface area contributed by atoms with Gasteiger partial charge in [-0.05, 0) is 23.6 Å². The predicted octanol–water partition coefficient (Wildman–Crippen LogP) is 2.75. The van der Waals surface area contributed by atoms with Crippen LogP contribution in [0.15, 0.2) is 48.5 Å². The van der Waals surface area contributed by atoms with E-state index in [4.69, 9.17) is 9.47 Å². The highest BCUT2D eigenvalue weighted by Gasteiger charge is 2.33. The highest BCUT2D eigenvalue weighted by atomic mass is 16.6. The summed E-state index contributed by atoms with van der Waals surface area (Å²) in [6.45, 7) is 1.54. The van der Waals surface area contributed by atoms with E-state index in [1.165, 1.54) is 19.2 Å². The van der Waals surface area contributed by atoms with Crippen LogP contribution < -0.4 is 4.74 Å². The lowest BCUT2D eigenvalue weighted by molar-refractivity contribution is -0.384. The second-order valence-corrected chi connectivity index (χ2v) is 6.01. The Labute approximate surface area is 151 Å². The number of benzene rings is 2. The molecule has 1 atom stereocenters. The number of ether oxygens (including phenoxy) is 2. The molecule has 1 aliphatic rings. The molecule has 0 bridgehead atoms. The minimum Gasteiger partial charge on any atom is -0.492 e. The smallest absolute Gasteiger partial charge is 0.327 e. The van der Waals surface area contributed by atoms with Crippen molar-refractivity contribution in [2.75, 3.05) is 26.8 Å². The number of nitrogens with zero attached hydrogens (tertiary/aromatic N) is 2. The highest BCUT2D eigenvalue weighted by Crippen LogP contribution is 2.30. The quantitative estimate of drug-likeness (QED) is 0.450. The summed E-state index contributed by atoms with van der Waals surface area (Å²) in [5.41, 5.74) is 2.10. The van der Waals surface area contributed by atoms with Crippen LogP contribution in [0.25, 0.3) is 0 Å². The number of esters is 1. The first-order valence-electron chi connectivity index (χ1n) is 8.37. The van der Waals surface area contributed by atoms with Gasteiger partial charge in [-0.3, -0.25) is 15.0 Å². The zero-order valence-electron chi connectivity index (χ0n) is 14.5. The molecule has 0 radical (unpaired) electrons. The molecular weight excluding hydrogens is 336 g/mol. The molecule has 0 amide bonds. The number of carbonyl (C=O) groups is 1. The summed E-state index contributed by atoms with van der Waals surface area (Å²) in [5.74, 6) is 0.138. The third-order valence-electron chi connectivity index (χ3n) is 4.48. The van der Waals surface area contributed by atoms with Gasteiger partial charge < -0.3 is 9.47 Å². The Bertz CT molecular complexity index is 808. The van der Waals surface area contributed by atoms with Crippen molar-refractivity contribution >= 4 is 11.7 Å². The van der Waals surface area contributed by atoms with E-state index in [-0.39, 0.29) is 11.7 Å². The lowest BCUT2D eigenvalue weighted by Gasteiger charge is -2.35. The number of nitro groups is 1. The van der Waals surface area contributed by atoms with Gasteiger partial charge in [-0.1, -0.05) is 30.3 Å². The summed E-state index contributed by atoms with van der Waals surface area (Å²) < 4.78 is 10.6. The Morgan fingerprint density at radius 1 is 1.27 bits per heavy atom. The fourth-order valence-electron chi connectivity index (χ4n) is 3.21. The SMILES string of the molecule is COC(=O)[C@@H]1c2ccccc2CCN1CCOc1cccc([N+](=O)[O-])c1. The van der Waals surface area contributed by atoms with Crippen LogP contribution in [0.3, 0.4) is 0 Å². The first-order valence-corrected chi connectivity index (χ1v) is 8.37. The fraction of sp³-hybridized carbons (Fsp3) is 0.316. The third kappa shape index (κ3) is 3.83. The largest absolute Gasteiger partial charge is 0.492 e. The Hall–Kier alpha value is -2.93. The minimum atomic E-state index is -0.460. The van der Waals surface area contributed by atoms with Crippen molar-refractivity contribution in [3.8, 4) is 5.75 Å². The summed E-state index contributed by atoms with van der Waals surface area (Å²) in [5, 5.41) is 10.8. The van der Waals surface area contributed by atoms with E-state index in [0.29, 0.717) is 18.9 Å². The molecule has 0 unspecified atom stereocenters. The van der Waals surface area contributed by atoms with E-state index < -0.39 is 11.0 Å². The molecule has 0 spiro atoms. The van der Waals surface area contributed by atoms with Gasteiger partial charge in [0.1, 0.15) is 18.4 Å². The van der Waals surface area contributed by atoms with Gasteiger partial charge in [0.25, 0.3) is 5.69 Å².